The van der Waals surface area contributed by atoms with E-state index in [4.69, 9.17) is 4.99 Å². The zero-order valence-corrected chi connectivity index (χ0v) is 14.3. The van der Waals surface area contributed by atoms with Gasteiger partial charge in [-0.25, -0.2) is 0 Å². The summed E-state index contributed by atoms with van der Waals surface area (Å²) in [7, 11) is 4.11. The summed E-state index contributed by atoms with van der Waals surface area (Å²) in [6.07, 6.45) is 12.3. The summed E-state index contributed by atoms with van der Waals surface area (Å²) in [6.45, 7) is 0.900. The lowest BCUT2D eigenvalue weighted by Gasteiger charge is -2.15. The van der Waals surface area contributed by atoms with Gasteiger partial charge in [0.15, 0.2) is 0 Å². The van der Waals surface area contributed by atoms with Crippen LogP contribution in [0.2, 0.25) is 0 Å². The van der Waals surface area contributed by atoms with Crippen molar-refractivity contribution in [1.29, 1.82) is 0 Å². The van der Waals surface area contributed by atoms with Crippen LogP contribution in [0.1, 0.15) is 24.0 Å². The van der Waals surface area contributed by atoms with Crippen molar-refractivity contribution in [2.45, 2.75) is 12.8 Å². The van der Waals surface area contributed by atoms with Gasteiger partial charge in [-0.15, -0.1) is 0 Å². The van der Waals surface area contributed by atoms with Crippen molar-refractivity contribution in [2.75, 3.05) is 25.5 Å². The Kier molecular flexibility index (Phi) is 5.22. The second-order valence-electron chi connectivity index (χ2n) is 6.11. The van der Waals surface area contributed by atoms with Crippen molar-refractivity contribution >= 4 is 17.5 Å². The minimum Gasteiger partial charge on any atom is -0.378 e. The number of hydrogen-bond acceptors (Lipinski definition) is 3. The monoisotopic (exact) mass is 317 g/mol. The molecule has 122 valence electrons. The van der Waals surface area contributed by atoms with E-state index in [0.717, 1.165) is 30.7 Å². The molecule has 0 atom stereocenters. The first-order valence-corrected chi connectivity index (χ1v) is 8.34. The molecule has 0 bridgehead atoms. The summed E-state index contributed by atoms with van der Waals surface area (Å²) in [6, 6.07) is 12.6. The van der Waals surface area contributed by atoms with Gasteiger partial charge in [-0.3, -0.25) is 9.98 Å². The summed E-state index contributed by atoms with van der Waals surface area (Å²) in [5, 5.41) is 0. The number of nitrogens with zero attached hydrogens (tertiary/aromatic N) is 3. The van der Waals surface area contributed by atoms with Gasteiger partial charge in [0.05, 0.1) is 5.71 Å². The van der Waals surface area contributed by atoms with Crippen LogP contribution in [0.3, 0.4) is 0 Å². The lowest BCUT2D eigenvalue weighted by atomic mass is 9.96. The van der Waals surface area contributed by atoms with Crippen LogP contribution in [0.15, 0.2) is 71.5 Å². The Labute approximate surface area is 144 Å². The van der Waals surface area contributed by atoms with E-state index < -0.39 is 0 Å². The van der Waals surface area contributed by atoms with Crippen LogP contribution in [0.5, 0.6) is 0 Å². The Hall–Kier alpha value is -2.68. The molecule has 2 aromatic rings. The molecule has 24 heavy (non-hydrogen) atoms. The smallest absolute Gasteiger partial charge is 0.0694 e. The maximum atomic E-state index is 4.71. The Morgan fingerprint density at radius 3 is 2.62 bits per heavy atom. The molecule has 1 aliphatic heterocycles. The molecule has 1 aromatic heterocycles. The number of rotatable bonds is 4. The third-order valence-electron chi connectivity index (χ3n) is 4.11. The average Bonchev–Trinajstić information content (AvgIpc) is 2.63. The van der Waals surface area contributed by atoms with Crippen LogP contribution in [0.25, 0.3) is 6.08 Å². The molecule has 3 heteroatoms. The molecule has 3 rings (SSSR count). The maximum Gasteiger partial charge on any atom is 0.0694 e. The highest BCUT2D eigenvalue weighted by molar-refractivity contribution is 6.13. The van der Waals surface area contributed by atoms with E-state index in [0.29, 0.717) is 0 Å². The summed E-state index contributed by atoms with van der Waals surface area (Å²) >= 11 is 0. The Bertz CT molecular complexity index is 753. The minimum atomic E-state index is 0.900. The van der Waals surface area contributed by atoms with Crippen molar-refractivity contribution < 1.29 is 0 Å². The highest BCUT2D eigenvalue weighted by Gasteiger charge is 2.13. The van der Waals surface area contributed by atoms with Gasteiger partial charge in [0.25, 0.3) is 0 Å². The highest BCUT2D eigenvalue weighted by atomic mass is 15.1. The van der Waals surface area contributed by atoms with E-state index in [2.05, 4.69) is 72.5 Å². The number of benzene rings is 1. The molecule has 0 amide bonds. The summed E-state index contributed by atoms with van der Waals surface area (Å²) in [5.74, 6) is 0. The average molecular weight is 317 g/mol. The molecule has 0 fully saturated rings. The molecule has 0 spiro atoms. The quantitative estimate of drug-likeness (QED) is 0.837. The molecule has 0 saturated heterocycles. The van der Waals surface area contributed by atoms with Gasteiger partial charge in [-0.05, 0) is 48.2 Å². The van der Waals surface area contributed by atoms with Gasteiger partial charge in [0.1, 0.15) is 0 Å². The molecule has 0 radical (unpaired) electrons. The normalized spacial score (nSPS) is 16.4. The number of pyridine rings is 1. The molecule has 0 unspecified atom stereocenters. The predicted molar refractivity (Wildman–Crippen MR) is 103 cm³/mol. The molecule has 0 aliphatic carbocycles. The fourth-order valence-electron chi connectivity index (χ4n) is 2.78. The Morgan fingerprint density at radius 2 is 1.92 bits per heavy atom. The highest BCUT2D eigenvalue weighted by Crippen LogP contribution is 2.20. The first kappa shape index (κ1) is 16.2. The van der Waals surface area contributed by atoms with Crippen molar-refractivity contribution in [3.63, 3.8) is 0 Å². The Morgan fingerprint density at radius 1 is 1.08 bits per heavy atom. The van der Waals surface area contributed by atoms with E-state index in [1.165, 1.54) is 16.8 Å². The van der Waals surface area contributed by atoms with Crippen molar-refractivity contribution in [1.82, 2.24) is 4.98 Å². The third-order valence-corrected chi connectivity index (χ3v) is 4.11. The van der Waals surface area contributed by atoms with Gasteiger partial charge in [0.2, 0.25) is 0 Å². The van der Waals surface area contributed by atoms with Crippen molar-refractivity contribution in [3.8, 4) is 0 Å². The number of aromatic nitrogens is 1. The largest absolute Gasteiger partial charge is 0.378 e. The molecule has 1 aliphatic rings. The van der Waals surface area contributed by atoms with Crippen LogP contribution in [-0.2, 0) is 0 Å². The molecular weight excluding hydrogens is 294 g/mol. The van der Waals surface area contributed by atoms with Gasteiger partial charge < -0.3 is 4.90 Å². The lowest BCUT2D eigenvalue weighted by molar-refractivity contribution is 0.815. The fourth-order valence-corrected chi connectivity index (χ4v) is 2.78. The Balaban J connectivity index is 1.77. The zero-order valence-electron chi connectivity index (χ0n) is 14.3. The van der Waals surface area contributed by atoms with Gasteiger partial charge in [0, 0.05) is 44.3 Å². The SMILES string of the molecule is CN(C)c1ccc(/C=C/C=C2\CCCN=C2c2cccnc2)cc1. The number of aliphatic imine (C=N–C) groups is 1. The lowest BCUT2D eigenvalue weighted by Crippen LogP contribution is -2.11. The van der Waals surface area contributed by atoms with Gasteiger partial charge in [-0.1, -0.05) is 30.4 Å². The zero-order chi connectivity index (χ0) is 16.8. The third kappa shape index (κ3) is 3.99. The summed E-state index contributed by atoms with van der Waals surface area (Å²) < 4.78 is 0. The fraction of sp³-hybridized carbons (Fsp3) is 0.238. The molecule has 2 heterocycles. The van der Waals surface area contributed by atoms with Crippen molar-refractivity contribution in [2.24, 2.45) is 4.99 Å². The molecule has 0 saturated carbocycles. The van der Waals surface area contributed by atoms with Crippen LogP contribution in [0.4, 0.5) is 5.69 Å². The first-order chi connectivity index (χ1) is 11.7. The van der Waals surface area contributed by atoms with E-state index in [1.54, 1.807) is 6.20 Å². The maximum absolute atomic E-state index is 4.71. The molecule has 1 aromatic carbocycles. The van der Waals surface area contributed by atoms with Crippen LogP contribution < -0.4 is 4.90 Å². The van der Waals surface area contributed by atoms with Crippen molar-refractivity contribution in [3.05, 3.63) is 77.6 Å². The molecular formula is C21H23N3. The van der Waals surface area contributed by atoms with Gasteiger partial charge >= 0.3 is 0 Å². The van der Waals surface area contributed by atoms with E-state index in [9.17, 15) is 0 Å². The number of allylic oxidation sites excluding steroid dienone is 3. The van der Waals surface area contributed by atoms with E-state index in [1.807, 2.05) is 12.3 Å². The summed E-state index contributed by atoms with van der Waals surface area (Å²) in [4.78, 5) is 11.0. The predicted octanol–water partition coefficient (Wildman–Crippen LogP) is 4.37. The first-order valence-electron chi connectivity index (χ1n) is 8.34. The second-order valence-corrected chi connectivity index (χ2v) is 6.11. The topological polar surface area (TPSA) is 28.5 Å². The van der Waals surface area contributed by atoms with E-state index >= 15 is 0 Å². The van der Waals surface area contributed by atoms with Gasteiger partial charge in [-0.2, -0.15) is 0 Å². The van der Waals surface area contributed by atoms with Crippen LogP contribution >= 0.6 is 0 Å². The molecule has 3 nitrogen and oxygen atoms in total. The van der Waals surface area contributed by atoms with Crippen LogP contribution in [-0.4, -0.2) is 31.3 Å². The molecule has 0 N–H and O–H groups in total. The standard InChI is InChI=1S/C21H23N3/c1-24(2)20-12-10-17(11-13-20)6-3-7-18-8-5-15-23-21(18)19-9-4-14-22-16-19/h3-4,6-7,9-14,16H,5,8,15H2,1-2H3/b6-3+,18-7+. The number of hydrogen-bond donors (Lipinski definition) is 0. The second kappa shape index (κ2) is 7.73. The number of anilines is 1. The minimum absolute atomic E-state index is 0.900. The van der Waals surface area contributed by atoms with Crippen LogP contribution in [0, 0.1) is 0 Å². The van der Waals surface area contributed by atoms with E-state index in [-0.39, 0.29) is 0 Å². The summed E-state index contributed by atoms with van der Waals surface area (Å²) in [5.41, 5.74) is 5.89.